The fourth-order valence-corrected chi connectivity index (χ4v) is 2.09. The average Bonchev–Trinajstić information content (AvgIpc) is 2.61. The Morgan fingerprint density at radius 1 is 1.08 bits per heavy atom. The molecule has 0 unspecified atom stereocenters. The molecule has 0 radical (unpaired) electrons. The largest absolute Gasteiger partial charge is 0.494 e. The van der Waals surface area contributed by atoms with Crippen molar-refractivity contribution in [2.24, 2.45) is 0 Å². The maximum absolute atomic E-state index is 11.7. The van der Waals surface area contributed by atoms with Gasteiger partial charge in [0.25, 0.3) is 11.1 Å². The van der Waals surface area contributed by atoms with Crippen LogP contribution in [0.1, 0.15) is 13.3 Å². The Morgan fingerprint density at radius 2 is 1.76 bits per heavy atom. The van der Waals surface area contributed by atoms with Gasteiger partial charge in [-0.25, -0.2) is 4.68 Å². The highest BCUT2D eigenvalue weighted by molar-refractivity contribution is 5.75. The number of amides is 1. The second-order valence-corrected chi connectivity index (χ2v) is 5.15. The van der Waals surface area contributed by atoms with Crippen LogP contribution >= 0.6 is 0 Å². The number of nitrogens with zero attached hydrogens (tertiary/aromatic N) is 1. The van der Waals surface area contributed by atoms with Gasteiger partial charge in [0.15, 0.2) is 0 Å². The summed E-state index contributed by atoms with van der Waals surface area (Å²) in [4.78, 5) is 34.4. The van der Waals surface area contributed by atoms with E-state index >= 15 is 0 Å². The quantitative estimate of drug-likeness (QED) is 0.644. The Hall–Kier alpha value is -3.03. The molecule has 1 amide bonds. The Bertz CT molecular complexity index is 795. The minimum absolute atomic E-state index is 0.0862. The van der Waals surface area contributed by atoms with Crippen LogP contribution in [0.5, 0.6) is 11.5 Å². The van der Waals surface area contributed by atoms with Crippen molar-refractivity contribution in [3.8, 4) is 11.5 Å². The van der Waals surface area contributed by atoms with Crippen LogP contribution in [0.15, 0.2) is 46.0 Å². The van der Waals surface area contributed by atoms with Crippen LogP contribution in [0.2, 0.25) is 0 Å². The first kappa shape index (κ1) is 18.3. The number of hydrogen-bond acceptors (Lipinski definition) is 5. The van der Waals surface area contributed by atoms with Gasteiger partial charge in [-0.2, -0.15) is 0 Å². The zero-order valence-corrected chi connectivity index (χ0v) is 14.0. The highest BCUT2D eigenvalue weighted by Crippen LogP contribution is 2.17. The molecule has 25 heavy (non-hydrogen) atoms. The van der Waals surface area contributed by atoms with Crippen molar-refractivity contribution in [2.75, 3.05) is 19.8 Å². The van der Waals surface area contributed by atoms with Crippen LogP contribution in [0, 0.1) is 0 Å². The lowest BCUT2D eigenvalue weighted by Gasteiger charge is -2.09. The fourth-order valence-electron chi connectivity index (χ4n) is 2.09. The van der Waals surface area contributed by atoms with Crippen LogP contribution in [0.4, 0.5) is 0 Å². The van der Waals surface area contributed by atoms with Crippen molar-refractivity contribution >= 4 is 5.91 Å². The minimum Gasteiger partial charge on any atom is -0.494 e. The second kappa shape index (κ2) is 9.31. The van der Waals surface area contributed by atoms with Crippen molar-refractivity contribution in [1.29, 1.82) is 0 Å². The van der Waals surface area contributed by atoms with Gasteiger partial charge in [-0.1, -0.05) is 0 Å². The van der Waals surface area contributed by atoms with Gasteiger partial charge in [0.1, 0.15) is 18.1 Å². The van der Waals surface area contributed by atoms with E-state index in [2.05, 4.69) is 10.4 Å². The number of nitrogens with one attached hydrogen (secondary N) is 2. The van der Waals surface area contributed by atoms with Crippen LogP contribution in [-0.2, 0) is 11.3 Å². The van der Waals surface area contributed by atoms with E-state index in [1.54, 1.807) is 12.1 Å². The van der Waals surface area contributed by atoms with Gasteiger partial charge in [-0.15, -0.1) is 0 Å². The molecule has 1 aromatic heterocycles. The van der Waals surface area contributed by atoms with Gasteiger partial charge in [-0.3, -0.25) is 19.5 Å². The first-order chi connectivity index (χ1) is 12.1. The SMILES string of the molecule is CCOc1ccc(OCCNC(=O)CCn2[nH]c(=O)ccc2=O)cc1. The molecule has 1 heterocycles. The molecule has 0 spiro atoms. The summed E-state index contributed by atoms with van der Waals surface area (Å²) in [5.74, 6) is 1.23. The number of hydrogen-bond donors (Lipinski definition) is 2. The van der Waals surface area contributed by atoms with Gasteiger partial charge in [0, 0.05) is 18.6 Å². The van der Waals surface area contributed by atoms with Crippen LogP contribution in [0.25, 0.3) is 0 Å². The standard InChI is InChI=1S/C17H21N3O5/c1-2-24-13-3-5-14(6-4-13)25-12-10-18-15(21)9-11-20-17(23)8-7-16(22)19-20/h3-8H,2,9-12H2,1H3,(H,18,21)(H,19,22). The van der Waals surface area contributed by atoms with E-state index in [4.69, 9.17) is 9.47 Å². The predicted octanol–water partition coefficient (Wildman–Crippen LogP) is 0.521. The lowest BCUT2D eigenvalue weighted by atomic mass is 10.3. The van der Waals surface area contributed by atoms with Crippen LogP contribution in [0.3, 0.4) is 0 Å². The lowest BCUT2D eigenvalue weighted by Crippen LogP contribution is -2.32. The summed E-state index contributed by atoms with van der Waals surface area (Å²) >= 11 is 0. The number of carbonyl (C=O) groups excluding carboxylic acids is 1. The molecule has 8 nitrogen and oxygen atoms in total. The van der Waals surface area contributed by atoms with Crippen molar-refractivity contribution in [1.82, 2.24) is 15.1 Å². The summed E-state index contributed by atoms with van der Waals surface area (Å²) < 4.78 is 12.0. The number of aryl methyl sites for hydroxylation is 1. The third kappa shape index (κ3) is 6.17. The summed E-state index contributed by atoms with van der Waals surface area (Å²) in [6.07, 6.45) is 0.0862. The first-order valence-electron chi connectivity index (χ1n) is 8.01. The number of ether oxygens (including phenoxy) is 2. The normalized spacial score (nSPS) is 10.3. The molecule has 0 saturated carbocycles. The highest BCUT2D eigenvalue weighted by atomic mass is 16.5. The maximum Gasteiger partial charge on any atom is 0.265 e. The van der Waals surface area contributed by atoms with Crippen molar-refractivity contribution < 1.29 is 14.3 Å². The first-order valence-corrected chi connectivity index (χ1v) is 8.01. The highest BCUT2D eigenvalue weighted by Gasteiger charge is 2.03. The molecule has 0 aliphatic heterocycles. The van der Waals surface area contributed by atoms with Gasteiger partial charge in [-0.05, 0) is 31.2 Å². The maximum atomic E-state index is 11.7. The van der Waals surface area contributed by atoms with Gasteiger partial charge in [0.2, 0.25) is 5.91 Å². The Labute approximate surface area is 144 Å². The fraction of sp³-hybridized carbons (Fsp3) is 0.353. The molecular formula is C17H21N3O5. The molecule has 2 rings (SSSR count). The Morgan fingerprint density at radius 3 is 2.44 bits per heavy atom. The van der Waals surface area contributed by atoms with Gasteiger partial charge < -0.3 is 14.8 Å². The summed E-state index contributed by atoms with van der Waals surface area (Å²) in [6, 6.07) is 9.54. The summed E-state index contributed by atoms with van der Waals surface area (Å²) in [5.41, 5.74) is -0.741. The van der Waals surface area contributed by atoms with Crippen LogP contribution < -0.4 is 25.9 Å². The number of benzene rings is 1. The van der Waals surface area contributed by atoms with E-state index in [1.807, 2.05) is 19.1 Å². The minimum atomic E-state index is -0.385. The molecule has 0 saturated heterocycles. The summed E-state index contributed by atoms with van der Waals surface area (Å²) in [5, 5.41) is 5.06. The molecule has 1 aromatic carbocycles. The van der Waals surface area contributed by atoms with Crippen molar-refractivity contribution in [3.05, 3.63) is 57.1 Å². The smallest absolute Gasteiger partial charge is 0.265 e. The molecule has 134 valence electrons. The van der Waals surface area contributed by atoms with E-state index in [0.717, 1.165) is 16.5 Å². The van der Waals surface area contributed by atoms with Gasteiger partial charge in [0.05, 0.1) is 19.7 Å². The van der Waals surface area contributed by atoms with Gasteiger partial charge >= 0.3 is 0 Å². The zero-order chi connectivity index (χ0) is 18.1. The predicted molar refractivity (Wildman–Crippen MR) is 92.1 cm³/mol. The Kier molecular flexibility index (Phi) is 6.82. The van der Waals surface area contributed by atoms with E-state index in [9.17, 15) is 14.4 Å². The number of aromatic nitrogens is 2. The molecule has 0 aliphatic rings. The average molecular weight is 347 g/mol. The topological polar surface area (TPSA) is 102 Å². The summed E-state index contributed by atoms with van der Waals surface area (Å²) in [7, 11) is 0. The molecule has 0 fully saturated rings. The molecule has 0 bridgehead atoms. The van der Waals surface area contributed by atoms with E-state index < -0.39 is 0 Å². The second-order valence-electron chi connectivity index (χ2n) is 5.15. The third-order valence-electron chi connectivity index (χ3n) is 3.28. The molecule has 0 atom stereocenters. The molecule has 8 heteroatoms. The summed E-state index contributed by atoms with van der Waals surface area (Å²) in [6.45, 7) is 3.29. The number of carbonyl (C=O) groups is 1. The van der Waals surface area contributed by atoms with E-state index in [0.29, 0.717) is 25.5 Å². The molecular weight excluding hydrogens is 326 g/mol. The monoisotopic (exact) mass is 347 g/mol. The zero-order valence-electron chi connectivity index (χ0n) is 14.0. The van der Waals surface area contributed by atoms with Crippen molar-refractivity contribution in [3.63, 3.8) is 0 Å². The van der Waals surface area contributed by atoms with Crippen molar-refractivity contribution in [2.45, 2.75) is 19.9 Å². The number of rotatable bonds is 9. The lowest BCUT2D eigenvalue weighted by molar-refractivity contribution is -0.121. The number of aromatic amines is 1. The molecule has 0 aliphatic carbocycles. The number of H-pyrrole nitrogens is 1. The van der Waals surface area contributed by atoms with Crippen LogP contribution in [-0.4, -0.2) is 35.4 Å². The Balaban J connectivity index is 1.67. The van der Waals surface area contributed by atoms with E-state index in [1.165, 1.54) is 6.07 Å². The molecule has 2 N–H and O–H groups in total. The van der Waals surface area contributed by atoms with E-state index in [-0.39, 0.29) is 30.0 Å². The third-order valence-corrected chi connectivity index (χ3v) is 3.28. The molecule has 2 aromatic rings.